The number of benzene rings is 2. The van der Waals surface area contributed by atoms with E-state index in [1.165, 1.54) is 11.3 Å². The largest absolute Gasteiger partial charge is 0.502 e. The molecule has 0 saturated carbocycles. The second kappa shape index (κ2) is 4.57. The molecule has 2 aromatic heterocycles. The molecule has 0 unspecified atom stereocenters. The molecule has 4 rings (SSSR count). The third kappa shape index (κ3) is 1.78. The lowest BCUT2D eigenvalue weighted by molar-refractivity contribution is 0.449. The van der Waals surface area contributed by atoms with Gasteiger partial charge >= 0.3 is 0 Å². The maximum absolute atomic E-state index is 12.6. The second-order valence-corrected chi connectivity index (χ2v) is 5.84. The van der Waals surface area contributed by atoms with Crippen LogP contribution < -0.4 is 11.2 Å². The lowest BCUT2D eigenvalue weighted by Crippen LogP contribution is -2.02. The van der Waals surface area contributed by atoms with E-state index in [0.717, 1.165) is 0 Å². The number of anilines is 1. The third-order valence-electron chi connectivity index (χ3n) is 3.44. The quantitative estimate of drug-likeness (QED) is 0.562. The van der Waals surface area contributed by atoms with Crippen LogP contribution in [-0.4, -0.2) is 10.1 Å². The summed E-state index contributed by atoms with van der Waals surface area (Å²) in [5.41, 5.74) is 6.89. The number of nitrogens with two attached hydrogens (primary N) is 1. The molecule has 0 atom stereocenters. The number of nitrogen functional groups attached to an aromatic ring is 1. The maximum atomic E-state index is 12.6. The first-order valence-electron chi connectivity index (χ1n) is 6.55. The van der Waals surface area contributed by atoms with Crippen LogP contribution in [0, 0.1) is 0 Å². The zero-order valence-corrected chi connectivity index (χ0v) is 12.1. The van der Waals surface area contributed by atoms with Gasteiger partial charge in [0.1, 0.15) is 5.58 Å². The van der Waals surface area contributed by atoms with E-state index in [4.69, 9.17) is 10.2 Å². The van der Waals surface area contributed by atoms with Crippen molar-refractivity contribution >= 4 is 37.7 Å². The Labute approximate surface area is 128 Å². The molecule has 0 fully saturated rings. The van der Waals surface area contributed by atoms with Gasteiger partial charge in [0, 0.05) is 5.56 Å². The van der Waals surface area contributed by atoms with Crippen molar-refractivity contribution in [1.29, 1.82) is 0 Å². The average molecular weight is 310 g/mol. The van der Waals surface area contributed by atoms with Crippen molar-refractivity contribution in [3.8, 4) is 17.1 Å². The van der Waals surface area contributed by atoms with Crippen molar-refractivity contribution in [2.45, 2.75) is 0 Å². The standard InChI is InChI=1S/C16H10N2O3S/c17-16-18-9-6-7-10-11(15(9)22-16)12(19)13(20)14(21-10)8-4-2-1-3-5-8/h1-7,20H,(H2,17,18). The Balaban J connectivity index is 2.14. The molecular formula is C16H10N2O3S. The van der Waals surface area contributed by atoms with Gasteiger partial charge < -0.3 is 15.3 Å². The Morgan fingerprint density at radius 2 is 1.91 bits per heavy atom. The molecule has 5 nitrogen and oxygen atoms in total. The van der Waals surface area contributed by atoms with E-state index < -0.39 is 11.2 Å². The molecule has 0 bridgehead atoms. The first kappa shape index (κ1) is 12.8. The number of thiazole rings is 1. The molecule has 0 aliphatic rings. The highest BCUT2D eigenvalue weighted by molar-refractivity contribution is 7.23. The molecule has 0 aliphatic heterocycles. The van der Waals surface area contributed by atoms with Crippen molar-refractivity contribution in [3.05, 3.63) is 52.7 Å². The summed E-state index contributed by atoms with van der Waals surface area (Å²) in [7, 11) is 0. The minimum Gasteiger partial charge on any atom is -0.502 e. The number of hydrogen-bond donors (Lipinski definition) is 2. The molecule has 2 aromatic carbocycles. The number of fused-ring (bicyclic) bond motifs is 3. The van der Waals surface area contributed by atoms with Crippen LogP contribution in [0.2, 0.25) is 0 Å². The summed E-state index contributed by atoms with van der Waals surface area (Å²) >= 11 is 1.20. The Morgan fingerprint density at radius 3 is 2.68 bits per heavy atom. The first-order chi connectivity index (χ1) is 10.6. The summed E-state index contributed by atoms with van der Waals surface area (Å²) in [6, 6.07) is 12.4. The highest BCUT2D eigenvalue weighted by Gasteiger charge is 2.18. The summed E-state index contributed by atoms with van der Waals surface area (Å²) in [5, 5.41) is 10.9. The summed E-state index contributed by atoms with van der Waals surface area (Å²) in [6.07, 6.45) is 0. The van der Waals surface area contributed by atoms with Crippen LogP contribution >= 0.6 is 11.3 Å². The van der Waals surface area contributed by atoms with Crippen molar-refractivity contribution in [1.82, 2.24) is 4.98 Å². The van der Waals surface area contributed by atoms with Crippen molar-refractivity contribution in [3.63, 3.8) is 0 Å². The van der Waals surface area contributed by atoms with E-state index in [9.17, 15) is 9.90 Å². The molecule has 0 radical (unpaired) electrons. The fourth-order valence-electron chi connectivity index (χ4n) is 2.46. The topological polar surface area (TPSA) is 89.3 Å². The lowest BCUT2D eigenvalue weighted by Gasteiger charge is -2.06. The van der Waals surface area contributed by atoms with Crippen LogP contribution in [0.25, 0.3) is 32.5 Å². The van der Waals surface area contributed by atoms with Crippen molar-refractivity contribution in [2.75, 3.05) is 5.73 Å². The Kier molecular flexibility index (Phi) is 2.67. The van der Waals surface area contributed by atoms with Crippen LogP contribution in [0.3, 0.4) is 0 Å². The highest BCUT2D eigenvalue weighted by Crippen LogP contribution is 2.35. The van der Waals surface area contributed by atoms with E-state index in [-0.39, 0.29) is 5.76 Å². The Hall–Kier alpha value is -2.86. The predicted molar refractivity (Wildman–Crippen MR) is 87.2 cm³/mol. The number of rotatable bonds is 1. The Bertz CT molecular complexity index is 1070. The second-order valence-electron chi connectivity index (χ2n) is 4.81. The van der Waals surface area contributed by atoms with Gasteiger partial charge in [0.25, 0.3) is 0 Å². The van der Waals surface area contributed by atoms with Gasteiger partial charge in [0.2, 0.25) is 11.2 Å². The fraction of sp³-hybridized carbons (Fsp3) is 0. The van der Waals surface area contributed by atoms with Crippen LogP contribution in [-0.2, 0) is 0 Å². The van der Waals surface area contributed by atoms with Gasteiger partial charge in [0.15, 0.2) is 10.9 Å². The van der Waals surface area contributed by atoms with E-state index in [2.05, 4.69) is 4.98 Å². The number of aromatic nitrogens is 1. The SMILES string of the molecule is Nc1nc2ccc3oc(-c4ccccc4)c(O)c(=O)c3c2s1. The molecule has 0 amide bonds. The van der Waals surface area contributed by atoms with Gasteiger partial charge in [-0.15, -0.1) is 0 Å². The molecular weight excluding hydrogens is 300 g/mol. The predicted octanol–water partition coefficient (Wildman–Crippen LogP) is 3.36. The number of hydrogen-bond acceptors (Lipinski definition) is 6. The fourth-order valence-corrected chi connectivity index (χ4v) is 3.32. The van der Waals surface area contributed by atoms with Gasteiger partial charge in [-0.2, -0.15) is 0 Å². The van der Waals surface area contributed by atoms with Gasteiger partial charge in [0.05, 0.1) is 15.6 Å². The van der Waals surface area contributed by atoms with Gasteiger partial charge in [-0.3, -0.25) is 4.79 Å². The van der Waals surface area contributed by atoms with Gasteiger partial charge in [-0.1, -0.05) is 41.7 Å². The van der Waals surface area contributed by atoms with E-state index in [1.807, 2.05) is 18.2 Å². The molecule has 0 saturated heterocycles. The minimum atomic E-state index is -0.477. The Morgan fingerprint density at radius 1 is 1.14 bits per heavy atom. The van der Waals surface area contributed by atoms with Gasteiger partial charge in [-0.25, -0.2) is 4.98 Å². The summed E-state index contributed by atoms with van der Waals surface area (Å²) in [6.45, 7) is 0. The van der Waals surface area contributed by atoms with E-state index in [0.29, 0.717) is 31.9 Å². The molecule has 3 N–H and O–H groups in total. The van der Waals surface area contributed by atoms with E-state index >= 15 is 0 Å². The summed E-state index contributed by atoms with van der Waals surface area (Å²) in [4.78, 5) is 16.7. The van der Waals surface area contributed by atoms with E-state index in [1.54, 1.807) is 24.3 Å². The molecule has 2 heterocycles. The zero-order valence-electron chi connectivity index (χ0n) is 11.2. The van der Waals surface area contributed by atoms with Crippen LogP contribution in [0.5, 0.6) is 5.75 Å². The molecule has 4 aromatic rings. The minimum absolute atomic E-state index is 0.162. The summed E-state index contributed by atoms with van der Waals surface area (Å²) in [5.74, 6) is -0.242. The monoisotopic (exact) mass is 310 g/mol. The molecule has 108 valence electrons. The normalized spacial score (nSPS) is 11.3. The summed E-state index contributed by atoms with van der Waals surface area (Å²) < 4.78 is 6.39. The van der Waals surface area contributed by atoms with Crippen LogP contribution in [0.4, 0.5) is 5.13 Å². The first-order valence-corrected chi connectivity index (χ1v) is 7.37. The highest BCUT2D eigenvalue weighted by atomic mass is 32.1. The smallest absolute Gasteiger partial charge is 0.236 e. The molecule has 0 aliphatic carbocycles. The van der Waals surface area contributed by atoms with Crippen LogP contribution in [0.15, 0.2) is 51.7 Å². The number of aromatic hydroxyl groups is 1. The molecule has 6 heteroatoms. The average Bonchev–Trinajstić information content (AvgIpc) is 2.91. The zero-order chi connectivity index (χ0) is 15.3. The van der Waals surface area contributed by atoms with Crippen molar-refractivity contribution < 1.29 is 9.52 Å². The lowest BCUT2D eigenvalue weighted by atomic mass is 10.1. The van der Waals surface area contributed by atoms with Crippen LogP contribution in [0.1, 0.15) is 0 Å². The maximum Gasteiger partial charge on any atom is 0.236 e. The molecule has 22 heavy (non-hydrogen) atoms. The third-order valence-corrected chi connectivity index (χ3v) is 4.36. The number of nitrogens with zero attached hydrogens (tertiary/aromatic N) is 1. The van der Waals surface area contributed by atoms with Crippen molar-refractivity contribution in [2.24, 2.45) is 0 Å². The van der Waals surface area contributed by atoms with Gasteiger partial charge in [-0.05, 0) is 12.1 Å². The molecule has 0 spiro atoms.